The Balaban J connectivity index is 1.67. The fourth-order valence-electron chi connectivity index (χ4n) is 2.80. The fraction of sp³-hybridized carbons (Fsp3) is 0.846. The normalized spacial score (nSPS) is 30.0. The van der Waals surface area contributed by atoms with Gasteiger partial charge in [-0.15, -0.1) is 0 Å². The molecule has 4 nitrogen and oxygen atoms in total. The molecular weight excluding hydrogens is 246 g/mol. The van der Waals surface area contributed by atoms with Crippen LogP contribution in [-0.4, -0.2) is 34.7 Å². The highest BCUT2D eigenvalue weighted by Gasteiger charge is 2.24. The Bertz CT molecular complexity index is 368. The molecule has 0 radical (unpaired) electrons. The van der Waals surface area contributed by atoms with Crippen LogP contribution in [-0.2, 0) is 0 Å². The van der Waals surface area contributed by atoms with E-state index < -0.39 is 0 Å². The van der Waals surface area contributed by atoms with E-state index in [0.717, 1.165) is 24.8 Å². The van der Waals surface area contributed by atoms with Crippen LogP contribution in [0.15, 0.2) is 4.52 Å². The summed E-state index contributed by atoms with van der Waals surface area (Å²) in [4.78, 5) is 4.67. The molecule has 2 aliphatic rings. The Kier molecular flexibility index (Phi) is 4.20. The van der Waals surface area contributed by atoms with E-state index in [4.69, 9.17) is 4.52 Å². The van der Waals surface area contributed by atoms with Gasteiger partial charge >= 0.3 is 0 Å². The molecule has 0 saturated carbocycles. The maximum Gasteiger partial charge on any atom is 0.231 e. The lowest BCUT2D eigenvalue weighted by atomic mass is 9.98. The smallest absolute Gasteiger partial charge is 0.231 e. The van der Waals surface area contributed by atoms with Gasteiger partial charge in [-0.1, -0.05) is 5.16 Å². The Hall–Kier alpha value is -0.550. The highest BCUT2D eigenvalue weighted by atomic mass is 32.2. The Morgan fingerprint density at radius 2 is 2.06 bits per heavy atom. The lowest BCUT2D eigenvalue weighted by Crippen LogP contribution is -2.28. The van der Waals surface area contributed by atoms with Gasteiger partial charge in [-0.3, -0.25) is 0 Å². The van der Waals surface area contributed by atoms with E-state index in [9.17, 15) is 0 Å². The number of thioether (sulfide) groups is 1. The molecule has 100 valence electrons. The molecule has 1 aromatic heterocycles. The number of nitrogens with one attached hydrogen (secondary N) is 1. The molecule has 2 fully saturated rings. The molecular formula is C13H21N3OS. The van der Waals surface area contributed by atoms with E-state index in [-0.39, 0.29) is 0 Å². The number of hydrogen-bond acceptors (Lipinski definition) is 5. The van der Waals surface area contributed by atoms with E-state index in [1.165, 1.54) is 43.6 Å². The van der Waals surface area contributed by atoms with Crippen molar-refractivity contribution in [2.45, 2.75) is 43.9 Å². The van der Waals surface area contributed by atoms with Crippen LogP contribution in [0, 0.1) is 0 Å². The summed E-state index contributed by atoms with van der Waals surface area (Å²) >= 11 is 2.05. The van der Waals surface area contributed by atoms with Crippen molar-refractivity contribution in [3.63, 3.8) is 0 Å². The molecule has 3 rings (SSSR count). The molecule has 0 aliphatic carbocycles. The number of hydrogen-bond donors (Lipinski definition) is 1. The van der Waals surface area contributed by atoms with Crippen LogP contribution in [0.1, 0.15) is 55.7 Å². The van der Waals surface area contributed by atoms with Crippen LogP contribution in [0.5, 0.6) is 0 Å². The minimum absolute atomic E-state index is 0.431. The Morgan fingerprint density at radius 1 is 1.11 bits per heavy atom. The Labute approximate surface area is 112 Å². The summed E-state index contributed by atoms with van der Waals surface area (Å²) in [6.07, 6.45) is 6.09. The summed E-state index contributed by atoms with van der Waals surface area (Å²) in [5.41, 5.74) is 0. The van der Waals surface area contributed by atoms with Gasteiger partial charge in [0.15, 0.2) is 5.82 Å². The maximum absolute atomic E-state index is 5.49. The average molecular weight is 267 g/mol. The summed E-state index contributed by atoms with van der Waals surface area (Å²) in [7, 11) is 0. The molecule has 0 unspecified atom stereocenters. The van der Waals surface area contributed by atoms with E-state index in [1.807, 2.05) is 0 Å². The van der Waals surface area contributed by atoms with Crippen molar-refractivity contribution in [3.05, 3.63) is 11.7 Å². The molecule has 3 heterocycles. The zero-order valence-electron chi connectivity index (χ0n) is 10.7. The summed E-state index contributed by atoms with van der Waals surface area (Å²) < 4.78 is 5.49. The van der Waals surface area contributed by atoms with Gasteiger partial charge in [-0.05, 0) is 50.2 Å². The average Bonchev–Trinajstić information content (AvgIpc) is 2.76. The molecule has 5 heteroatoms. The standard InChI is InChI=1S/C13H21N3OS/c1-3-11(9-14-6-1)13-15-12(16-17-13)10-4-2-7-18-8-5-10/h10-11,14H,1-9H2/t10-,11+/m0/s1. The summed E-state index contributed by atoms with van der Waals surface area (Å²) in [6, 6.07) is 0. The highest BCUT2D eigenvalue weighted by molar-refractivity contribution is 7.99. The van der Waals surface area contributed by atoms with Gasteiger partial charge in [-0.25, -0.2) is 0 Å². The van der Waals surface area contributed by atoms with Crippen molar-refractivity contribution in [1.82, 2.24) is 15.5 Å². The SMILES string of the molecule is C1CSCC[C@@H](c2noc([C@@H]3CCCNC3)n2)C1. The molecule has 0 aromatic carbocycles. The van der Waals surface area contributed by atoms with Gasteiger partial charge in [0.2, 0.25) is 5.89 Å². The van der Waals surface area contributed by atoms with E-state index in [0.29, 0.717) is 11.8 Å². The number of piperidine rings is 1. The molecule has 0 bridgehead atoms. The quantitative estimate of drug-likeness (QED) is 0.892. The van der Waals surface area contributed by atoms with Crippen LogP contribution in [0.3, 0.4) is 0 Å². The summed E-state index contributed by atoms with van der Waals surface area (Å²) in [6.45, 7) is 2.11. The van der Waals surface area contributed by atoms with Gasteiger partial charge in [0, 0.05) is 12.5 Å². The number of nitrogens with zero attached hydrogens (tertiary/aromatic N) is 2. The molecule has 0 spiro atoms. The van der Waals surface area contributed by atoms with Crippen molar-refractivity contribution in [2.75, 3.05) is 24.6 Å². The number of aromatic nitrogens is 2. The fourth-order valence-corrected chi connectivity index (χ4v) is 3.83. The van der Waals surface area contributed by atoms with Crippen LogP contribution >= 0.6 is 11.8 Å². The van der Waals surface area contributed by atoms with Crippen molar-refractivity contribution < 1.29 is 4.52 Å². The summed E-state index contributed by atoms with van der Waals surface area (Å²) in [5.74, 6) is 5.29. The van der Waals surface area contributed by atoms with Crippen LogP contribution in [0.4, 0.5) is 0 Å². The second-order valence-corrected chi connectivity index (χ2v) is 6.50. The van der Waals surface area contributed by atoms with Gasteiger partial charge in [-0.2, -0.15) is 16.7 Å². The maximum atomic E-state index is 5.49. The van der Waals surface area contributed by atoms with Gasteiger partial charge in [0.25, 0.3) is 0 Å². The van der Waals surface area contributed by atoms with Crippen LogP contribution < -0.4 is 5.32 Å². The lowest BCUT2D eigenvalue weighted by molar-refractivity contribution is 0.318. The lowest BCUT2D eigenvalue weighted by Gasteiger charge is -2.18. The first-order chi connectivity index (χ1) is 8.93. The molecule has 2 aliphatic heterocycles. The zero-order valence-corrected chi connectivity index (χ0v) is 11.5. The minimum atomic E-state index is 0.431. The first-order valence-electron chi connectivity index (χ1n) is 7.05. The van der Waals surface area contributed by atoms with E-state index in [2.05, 4.69) is 27.2 Å². The zero-order chi connectivity index (χ0) is 12.2. The second-order valence-electron chi connectivity index (χ2n) is 5.27. The van der Waals surface area contributed by atoms with Gasteiger partial charge in [0.1, 0.15) is 0 Å². The first kappa shape index (κ1) is 12.5. The van der Waals surface area contributed by atoms with E-state index >= 15 is 0 Å². The van der Waals surface area contributed by atoms with Crippen molar-refractivity contribution in [3.8, 4) is 0 Å². The van der Waals surface area contributed by atoms with E-state index in [1.54, 1.807) is 0 Å². The number of rotatable bonds is 2. The van der Waals surface area contributed by atoms with Crippen molar-refractivity contribution in [1.29, 1.82) is 0 Å². The molecule has 18 heavy (non-hydrogen) atoms. The third kappa shape index (κ3) is 2.88. The van der Waals surface area contributed by atoms with Crippen LogP contribution in [0.25, 0.3) is 0 Å². The highest BCUT2D eigenvalue weighted by Crippen LogP contribution is 2.30. The third-order valence-corrected chi connectivity index (χ3v) is 5.02. The Morgan fingerprint density at radius 3 is 2.94 bits per heavy atom. The molecule has 1 N–H and O–H groups in total. The molecule has 1 aromatic rings. The first-order valence-corrected chi connectivity index (χ1v) is 8.21. The largest absolute Gasteiger partial charge is 0.339 e. The summed E-state index contributed by atoms with van der Waals surface area (Å²) in [5, 5.41) is 7.63. The van der Waals surface area contributed by atoms with Crippen molar-refractivity contribution >= 4 is 11.8 Å². The molecule has 0 amide bonds. The predicted octanol–water partition coefficient (Wildman–Crippen LogP) is 2.54. The molecule has 2 saturated heterocycles. The predicted molar refractivity (Wildman–Crippen MR) is 73.1 cm³/mol. The van der Waals surface area contributed by atoms with Crippen molar-refractivity contribution in [2.24, 2.45) is 0 Å². The monoisotopic (exact) mass is 267 g/mol. The topological polar surface area (TPSA) is 51.0 Å². The van der Waals surface area contributed by atoms with Crippen LogP contribution in [0.2, 0.25) is 0 Å². The molecule has 2 atom stereocenters. The van der Waals surface area contributed by atoms with Gasteiger partial charge in [0.05, 0.1) is 5.92 Å². The third-order valence-electron chi connectivity index (χ3n) is 3.92. The second kappa shape index (κ2) is 6.06. The van der Waals surface area contributed by atoms with Gasteiger partial charge < -0.3 is 9.84 Å². The minimum Gasteiger partial charge on any atom is -0.339 e.